The summed E-state index contributed by atoms with van der Waals surface area (Å²) < 4.78 is 0. The van der Waals surface area contributed by atoms with Gasteiger partial charge in [-0.1, -0.05) is 70.1 Å². The van der Waals surface area contributed by atoms with Crippen LogP contribution in [-0.2, 0) is 51.2 Å². The van der Waals surface area contributed by atoms with Gasteiger partial charge in [0.1, 0.15) is 42.3 Å². The van der Waals surface area contributed by atoms with Crippen LogP contribution in [0.4, 0.5) is 0 Å². The highest BCUT2D eigenvalue weighted by Crippen LogP contribution is 2.24. The summed E-state index contributed by atoms with van der Waals surface area (Å²) in [6, 6.07) is 6.47. The third kappa shape index (κ3) is 16.7. The first-order valence-electron chi connectivity index (χ1n) is 23.8. The van der Waals surface area contributed by atoms with Gasteiger partial charge in [0.25, 0.3) is 0 Å². The Morgan fingerprint density at radius 1 is 0.729 bits per heavy atom. The molecule has 21 nitrogen and oxygen atoms in total. The molecule has 3 aromatic rings. The van der Waals surface area contributed by atoms with E-state index in [1.807, 2.05) is 24.3 Å². The Hall–Kier alpha value is -5.72. The number of aliphatic hydroxyl groups excluding tert-OH is 1. The maximum absolute atomic E-state index is 14.7. The Kier molecular flexibility index (Phi) is 22.2. The molecule has 0 saturated carbocycles. The van der Waals surface area contributed by atoms with Crippen LogP contribution >= 0.6 is 21.6 Å². The van der Waals surface area contributed by atoms with Crippen LogP contribution in [0.15, 0.2) is 60.8 Å². The second kappa shape index (κ2) is 28.2. The molecule has 3 unspecified atom stereocenters. The summed E-state index contributed by atoms with van der Waals surface area (Å²) in [6.45, 7) is 2.50. The molecule has 1 aromatic heterocycles. The quantitative estimate of drug-likeness (QED) is 0.0516. The van der Waals surface area contributed by atoms with Crippen LogP contribution in [0.5, 0.6) is 0 Å². The molecule has 2 aromatic carbocycles. The Morgan fingerprint density at radius 3 is 2.06 bits per heavy atom. The largest absolute Gasteiger partial charge is 0.391 e. The van der Waals surface area contributed by atoms with E-state index in [2.05, 4.69) is 47.5 Å². The van der Waals surface area contributed by atoms with Crippen LogP contribution in [0.25, 0.3) is 10.9 Å². The van der Waals surface area contributed by atoms with Gasteiger partial charge in [-0.05, 0) is 95.1 Å². The number of amides is 8. The average molecular weight is 1010 g/mol. The molecule has 2 aliphatic rings. The fraction of sp³-hybridized carbons (Fsp3) is 0.532. The Labute approximate surface area is 415 Å². The van der Waals surface area contributed by atoms with Crippen LogP contribution in [0.2, 0.25) is 0 Å². The van der Waals surface area contributed by atoms with E-state index in [1.54, 1.807) is 36.5 Å². The van der Waals surface area contributed by atoms with Gasteiger partial charge in [0.15, 0.2) is 0 Å². The number of hydrogen-bond acceptors (Lipinski definition) is 14. The van der Waals surface area contributed by atoms with Crippen molar-refractivity contribution in [3.05, 3.63) is 71.9 Å². The van der Waals surface area contributed by atoms with Crippen molar-refractivity contribution in [2.24, 2.45) is 17.2 Å². The number of hydrogen-bond donors (Lipinski definition) is 13. The number of carbonyl (C=O) groups is 8. The lowest BCUT2D eigenvalue weighted by Gasteiger charge is -2.29. The number of para-hydroxylation sites is 1. The Morgan fingerprint density at radius 2 is 1.37 bits per heavy atom. The van der Waals surface area contributed by atoms with Gasteiger partial charge in [-0.2, -0.15) is 0 Å². The minimum Gasteiger partial charge on any atom is -0.391 e. The van der Waals surface area contributed by atoms with E-state index in [0.29, 0.717) is 56.3 Å². The number of nitrogens with two attached hydrogens (primary N) is 3. The normalized spacial score (nSPS) is 24.2. The molecular formula is C47H68N12O9S2. The fourth-order valence-electron chi connectivity index (χ4n) is 8.12. The van der Waals surface area contributed by atoms with Crippen molar-refractivity contribution in [2.45, 2.75) is 126 Å². The van der Waals surface area contributed by atoms with E-state index in [9.17, 15) is 43.5 Å². The number of H-pyrrole nitrogens is 1. The number of primary amides is 1. The lowest BCUT2D eigenvalue weighted by molar-refractivity contribution is -0.136. The topological polar surface area (TPSA) is 347 Å². The van der Waals surface area contributed by atoms with E-state index < -0.39 is 102 Å². The highest BCUT2D eigenvalue weighted by Gasteiger charge is 2.37. The van der Waals surface area contributed by atoms with Crippen molar-refractivity contribution in [3.8, 4) is 0 Å². The first kappa shape index (κ1) is 55.2. The second-order valence-electron chi connectivity index (χ2n) is 17.5. The predicted molar refractivity (Wildman–Crippen MR) is 268 cm³/mol. The van der Waals surface area contributed by atoms with Gasteiger partial charge in [-0.25, -0.2) is 0 Å². The number of rotatable bonds is 18. The first-order valence-corrected chi connectivity index (χ1v) is 26.2. The Bertz CT molecular complexity index is 2250. The molecule has 5 rings (SSSR count). The summed E-state index contributed by atoms with van der Waals surface area (Å²) in [5.74, 6) is -6.29. The van der Waals surface area contributed by atoms with Crippen LogP contribution in [0.3, 0.4) is 0 Å². The van der Waals surface area contributed by atoms with Crippen LogP contribution in [0.1, 0.15) is 69.4 Å². The number of fused-ring (bicyclic) bond motifs is 1. The Balaban J connectivity index is 1.55. The molecule has 0 spiro atoms. The molecular weight excluding hydrogens is 941 g/mol. The van der Waals surface area contributed by atoms with Gasteiger partial charge in [-0.15, -0.1) is 0 Å². The van der Waals surface area contributed by atoms with Gasteiger partial charge in [0, 0.05) is 41.4 Å². The zero-order chi connectivity index (χ0) is 50.6. The highest BCUT2D eigenvalue weighted by molar-refractivity contribution is 8.76. The molecule has 16 N–H and O–H groups in total. The predicted octanol–water partition coefficient (Wildman–Crippen LogP) is -1.38. The lowest BCUT2D eigenvalue weighted by Crippen LogP contribution is -2.62. The SMILES string of the molecule is C[C@@H](O)[C@@H]1NC(=O)C(CCCCN)NC(=O)C(Cc2c[nH]c3ccccc23)NC(=O)[C@H](Cc2ccccc2)NC(=O)C(NC(=O)[C@@H]2CCCN2)CSSC[C@@H](C(=O)N[C@@H](CCCCN)C(N)=O)NC1=O. The van der Waals surface area contributed by atoms with Crippen molar-refractivity contribution >= 4 is 79.7 Å². The maximum atomic E-state index is 14.7. The third-order valence-corrected chi connectivity index (χ3v) is 14.5. The van der Waals surface area contributed by atoms with Crippen LogP contribution in [-0.4, -0.2) is 143 Å². The fourth-order valence-corrected chi connectivity index (χ4v) is 10.4. The van der Waals surface area contributed by atoms with Gasteiger partial charge < -0.3 is 69.8 Å². The second-order valence-corrected chi connectivity index (χ2v) is 20.1. The first-order chi connectivity index (χ1) is 33.7. The standard InChI is InChI=1S/C47H68N12O9S2/c1-27(60)39-47(68)58-38(45(66)53-32(40(50)61)16-7-9-19-48)26-70-69-25-37(57-41(62)33-18-11-21-51-33)46(67)55-35(22-28-12-3-2-4-13-28)43(64)56-36(23-29-24-52-31-15-6-5-14-30(29)31)44(65)54-34(42(63)59-39)17-8-10-20-49/h2-6,12-15,24,27,32-39,51-52,60H,7-11,16-23,25-26,48-49H2,1H3,(H2,50,61)(H,53,66)(H,54,65)(H,55,67)(H,56,64)(H,57,62)(H,58,68)(H,59,63)/t27-,32+,33+,34?,35+,36?,37?,38+,39+/m1/s1. The molecule has 9 atom stereocenters. The van der Waals surface area contributed by atoms with E-state index in [-0.39, 0.29) is 43.7 Å². The molecule has 382 valence electrons. The van der Waals surface area contributed by atoms with E-state index in [0.717, 1.165) is 38.9 Å². The van der Waals surface area contributed by atoms with Gasteiger partial charge in [0.05, 0.1) is 12.1 Å². The molecule has 2 aliphatic heterocycles. The number of nitrogens with one attached hydrogen (secondary N) is 9. The summed E-state index contributed by atoms with van der Waals surface area (Å²) in [5, 5.41) is 33.9. The monoisotopic (exact) mass is 1010 g/mol. The minimum absolute atomic E-state index is 0.00750. The zero-order valence-electron chi connectivity index (χ0n) is 39.3. The number of carbonyl (C=O) groups excluding carboxylic acids is 8. The van der Waals surface area contributed by atoms with Crippen molar-refractivity contribution < 1.29 is 43.5 Å². The number of unbranched alkanes of at least 4 members (excludes halogenated alkanes) is 2. The van der Waals surface area contributed by atoms with E-state index in [4.69, 9.17) is 17.2 Å². The van der Waals surface area contributed by atoms with Crippen LogP contribution < -0.4 is 59.7 Å². The van der Waals surface area contributed by atoms with Crippen molar-refractivity contribution in [1.29, 1.82) is 0 Å². The molecule has 3 heterocycles. The molecule has 0 aliphatic carbocycles. The summed E-state index contributed by atoms with van der Waals surface area (Å²) in [6.07, 6.45) is 3.49. The molecule has 8 amide bonds. The number of benzene rings is 2. The molecule has 0 bridgehead atoms. The number of aliphatic hydroxyl groups is 1. The minimum atomic E-state index is -1.65. The molecule has 23 heteroatoms. The van der Waals surface area contributed by atoms with Gasteiger partial charge in [-0.3, -0.25) is 38.4 Å². The maximum Gasteiger partial charge on any atom is 0.245 e. The average Bonchev–Trinajstić information content (AvgIpc) is 4.04. The molecule has 70 heavy (non-hydrogen) atoms. The highest BCUT2D eigenvalue weighted by atomic mass is 33.1. The van der Waals surface area contributed by atoms with Gasteiger partial charge in [0.2, 0.25) is 47.3 Å². The van der Waals surface area contributed by atoms with Crippen molar-refractivity contribution in [2.75, 3.05) is 31.1 Å². The molecule has 2 fully saturated rings. The zero-order valence-corrected chi connectivity index (χ0v) is 41.0. The molecule has 0 radical (unpaired) electrons. The smallest absolute Gasteiger partial charge is 0.245 e. The summed E-state index contributed by atoms with van der Waals surface area (Å²) in [4.78, 5) is 115. The summed E-state index contributed by atoms with van der Waals surface area (Å²) in [5.41, 5.74) is 19.2. The van der Waals surface area contributed by atoms with Crippen molar-refractivity contribution in [3.63, 3.8) is 0 Å². The van der Waals surface area contributed by atoms with Crippen LogP contribution in [0, 0.1) is 0 Å². The van der Waals surface area contributed by atoms with E-state index >= 15 is 0 Å². The summed E-state index contributed by atoms with van der Waals surface area (Å²) in [7, 11) is 2.15. The lowest BCUT2D eigenvalue weighted by atomic mass is 10.0. The third-order valence-electron chi connectivity index (χ3n) is 12.1. The number of aromatic nitrogens is 1. The van der Waals surface area contributed by atoms with E-state index in [1.165, 1.54) is 6.92 Å². The van der Waals surface area contributed by atoms with Crippen molar-refractivity contribution in [1.82, 2.24) is 47.5 Å². The summed E-state index contributed by atoms with van der Waals surface area (Å²) >= 11 is 0. The number of aromatic amines is 1. The van der Waals surface area contributed by atoms with Gasteiger partial charge >= 0.3 is 0 Å². The molecule has 2 saturated heterocycles.